The van der Waals surface area contributed by atoms with Gasteiger partial charge in [-0.2, -0.15) is 0 Å². The number of aromatic nitrogens is 1. The summed E-state index contributed by atoms with van der Waals surface area (Å²) in [4.78, 5) is 33.5. The molecule has 0 aliphatic heterocycles. The van der Waals surface area contributed by atoms with Crippen molar-refractivity contribution in [2.24, 2.45) is 0 Å². The first kappa shape index (κ1) is 17.4. The summed E-state index contributed by atoms with van der Waals surface area (Å²) in [6, 6.07) is 2.24. The van der Waals surface area contributed by atoms with Crippen LogP contribution >= 0.6 is 0 Å². The number of carbonyl (C=O) groups is 3. The van der Waals surface area contributed by atoms with E-state index in [0.717, 1.165) is 12.3 Å². The fourth-order valence-corrected chi connectivity index (χ4v) is 0.681. The van der Waals surface area contributed by atoms with E-state index in [0.29, 0.717) is 4.88 Å². The van der Waals surface area contributed by atoms with Crippen LogP contribution in [0.2, 0.25) is 0 Å². The maximum absolute atomic E-state index is 10.4. The van der Waals surface area contributed by atoms with Gasteiger partial charge in [0.25, 0.3) is 0 Å². The van der Waals surface area contributed by atoms with Gasteiger partial charge in [-0.1, -0.05) is 0 Å². The molecule has 0 bridgehead atoms. The summed E-state index contributed by atoms with van der Waals surface area (Å²) < 4.78 is 0. The molecule has 0 fully saturated rings. The summed E-state index contributed by atoms with van der Waals surface area (Å²) in [5, 5.41) is 16.9. The molecule has 0 saturated carbocycles. The van der Waals surface area contributed by atoms with Crippen LogP contribution in [0.3, 0.4) is 0 Å². The van der Waals surface area contributed by atoms with Gasteiger partial charge in [0, 0.05) is 6.20 Å². The summed E-state index contributed by atoms with van der Waals surface area (Å²) in [7, 11) is 0. The first-order valence-electron chi connectivity index (χ1n) is 3.46. The van der Waals surface area contributed by atoms with E-state index >= 15 is 0 Å². The summed E-state index contributed by atoms with van der Waals surface area (Å²) in [5.41, 5.74) is -0.350. The Morgan fingerprint density at radius 2 is 1.81 bits per heavy atom. The number of hydrogen-bond acceptors (Lipinski definition) is 4. The van der Waals surface area contributed by atoms with Gasteiger partial charge in [0.15, 0.2) is 0 Å². The first-order chi connectivity index (χ1) is 7.02. The van der Waals surface area contributed by atoms with Crippen molar-refractivity contribution >= 4 is 35.7 Å². The number of carbonyl (C=O) groups excluding carboxylic acids is 1. The number of pyridine rings is 1. The molecule has 6 nitrogen and oxygen atoms in total. The van der Waals surface area contributed by atoms with Gasteiger partial charge < -0.3 is 10.2 Å². The van der Waals surface area contributed by atoms with E-state index < -0.39 is 11.9 Å². The Hall–Kier alpha value is -1.02. The molecule has 0 radical (unpaired) electrons. The van der Waals surface area contributed by atoms with E-state index in [1.807, 2.05) is 18.3 Å². The van der Waals surface area contributed by atoms with Gasteiger partial charge in [0.1, 0.15) is 5.69 Å². The van der Waals surface area contributed by atoms with Crippen LogP contribution < -0.4 is 0 Å². The summed E-state index contributed by atoms with van der Waals surface area (Å²) in [6.45, 7) is 0. The van der Waals surface area contributed by atoms with Crippen LogP contribution in [-0.4, -0.2) is 50.9 Å². The Kier molecular flexibility index (Phi) is 10.0. The van der Waals surface area contributed by atoms with Crippen molar-refractivity contribution in [3.63, 3.8) is 0 Å². The predicted molar refractivity (Wildman–Crippen MR) is 52.1 cm³/mol. The molecule has 1 aromatic rings. The van der Waals surface area contributed by atoms with E-state index in [1.54, 1.807) is 0 Å². The fourth-order valence-electron chi connectivity index (χ4n) is 0.681. The SMILES string of the molecule is O=C(O)c1ccnc(C(=O)O)c1.O=[CH][Rh].[LiH]. The van der Waals surface area contributed by atoms with Crippen molar-refractivity contribution in [2.75, 3.05) is 0 Å². The third-order valence-electron chi connectivity index (χ3n) is 1.23. The van der Waals surface area contributed by atoms with E-state index in [4.69, 9.17) is 15.0 Å². The molecule has 0 amide bonds. The molecule has 0 spiro atoms. The van der Waals surface area contributed by atoms with E-state index in [9.17, 15) is 9.59 Å². The Labute approximate surface area is 113 Å². The zero-order chi connectivity index (χ0) is 11.8. The predicted octanol–water partition coefficient (Wildman–Crippen LogP) is -0.447. The molecule has 8 heteroatoms. The molecule has 1 heterocycles. The van der Waals surface area contributed by atoms with Crippen LogP contribution in [0.5, 0.6) is 0 Å². The van der Waals surface area contributed by atoms with Crippen molar-refractivity contribution in [1.29, 1.82) is 0 Å². The number of carboxylic acids is 2. The van der Waals surface area contributed by atoms with E-state index in [2.05, 4.69) is 4.98 Å². The molecule has 16 heavy (non-hydrogen) atoms. The van der Waals surface area contributed by atoms with Crippen LogP contribution in [0.4, 0.5) is 0 Å². The number of carboxylic acid groups (broad SMARTS) is 2. The van der Waals surface area contributed by atoms with Gasteiger partial charge in [-0.25, -0.2) is 14.6 Å². The van der Waals surface area contributed by atoms with Crippen LogP contribution in [0.1, 0.15) is 20.8 Å². The molecule has 0 saturated heterocycles. The molecule has 1 rings (SSSR count). The Morgan fingerprint density at radius 1 is 1.31 bits per heavy atom. The second-order valence-electron chi connectivity index (χ2n) is 2.12. The maximum atomic E-state index is 10.4. The molecule has 1 aromatic heterocycles. The molecule has 2 N–H and O–H groups in total. The van der Waals surface area contributed by atoms with Gasteiger partial charge in [0.05, 0.1) is 5.56 Å². The summed E-state index contributed by atoms with van der Waals surface area (Å²) in [6.07, 6.45) is 1.15. The topological polar surface area (TPSA) is 105 Å². The zero-order valence-electron chi connectivity index (χ0n) is 7.21. The minimum absolute atomic E-state index is 0. The second kappa shape index (κ2) is 9.22. The van der Waals surface area contributed by atoms with Crippen LogP contribution in [-0.2, 0) is 23.1 Å². The molecule has 0 atom stereocenters. The molecule has 0 aliphatic rings. The van der Waals surface area contributed by atoms with Crippen molar-refractivity contribution in [2.45, 2.75) is 0 Å². The van der Waals surface area contributed by atoms with Gasteiger partial charge in [-0.15, -0.1) is 0 Å². The van der Waals surface area contributed by atoms with Gasteiger partial charge in [0.2, 0.25) is 0 Å². The molecule has 84 valence electrons. The minimum atomic E-state index is -1.24. The molecule has 0 unspecified atom stereocenters. The first-order valence-corrected chi connectivity index (χ1v) is 4.41. The Morgan fingerprint density at radius 3 is 2.19 bits per heavy atom. The monoisotopic (exact) mass is 307 g/mol. The zero-order valence-corrected chi connectivity index (χ0v) is 8.85. The molecule has 0 aliphatic carbocycles. The Balaban J connectivity index is 0. The standard InChI is InChI=1S/C7H5NO4.CHO.Li.Rh.H/c9-6(10)4-1-2-8-5(3-4)7(11)12;1-2;;;/h1-3H,(H,9,10)(H,11,12);1H;;;. The molecule has 0 aromatic carbocycles. The van der Waals surface area contributed by atoms with Crippen LogP contribution in [0, 0.1) is 0 Å². The summed E-state index contributed by atoms with van der Waals surface area (Å²) in [5.74, 6) is -2.40. The van der Waals surface area contributed by atoms with Gasteiger partial charge in [-0.05, 0) is 12.1 Å². The van der Waals surface area contributed by atoms with Gasteiger partial charge in [-0.3, -0.25) is 0 Å². The van der Waals surface area contributed by atoms with Crippen molar-refractivity contribution in [3.05, 3.63) is 29.6 Å². The normalized spacial score (nSPS) is 7.88. The number of rotatable bonds is 2. The third kappa shape index (κ3) is 6.46. The fraction of sp³-hybridized carbons (Fsp3) is 0. The average molecular weight is 307 g/mol. The molecular weight excluding hydrogens is 300 g/mol. The quantitative estimate of drug-likeness (QED) is 0.566. The number of nitrogens with zero attached hydrogens (tertiary/aromatic N) is 1. The summed E-state index contributed by atoms with van der Waals surface area (Å²) >= 11 is 2.04. The van der Waals surface area contributed by atoms with Crippen molar-refractivity contribution < 1.29 is 42.9 Å². The van der Waals surface area contributed by atoms with Crippen molar-refractivity contribution in [1.82, 2.24) is 4.98 Å². The number of hydrogen-bond donors (Lipinski definition) is 2. The van der Waals surface area contributed by atoms with Crippen LogP contribution in [0.25, 0.3) is 0 Å². The Bertz CT molecular complexity index is 355. The third-order valence-corrected chi connectivity index (χ3v) is 1.23. The number of aromatic carboxylic acids is 2. The van der Waals surface area contributed by atoms with E-state index in [-0.39, 0.29) is 30.1 Å². The second-order valence-corrected chi connectivity index (χ2v) is 2.50. The van der Waals surface area contributed by atoms with Crippen LogP contribution in [0.15, 0.2) is 18.3 Å². The van der Waals surface area contributed by atoms with Crippen molar-refractivity contribution in [3.8, 4) is 0 Å². The molecular formula is C8H7LiNO5Rh. The van der Waals surface area contributed by atoms with Gasteiger partial charge >= 0.3 is 58.8 Å². The van der Waals surface area contributed by atoms with E-state index in [1.165, 1.54) is 6.07 Å². The average Bonchev–Trinajstić information content (AvgIpc) is 2.19.